The average Bonchev–Trinajstić information content (AvgIpc) is 3.34. The lowest BCUT2D eigenvalue weighted by atomic mass is 9.90. The molecule has 9 aromatic rings. The second kappa shape index (κ2) is 19.9. The van der Waals surface area contributed by atoms with Crippen molar-refractivity contribution in [2.45, 2.75) is 63.0 Å². The number of carbonyl (C=O) groups is 3. The smallest absolute Gasteiger partial charge is 0.305 e. The highest BCUT2D eigenvalue weighted by Crippen LogP contribution is 2.38. The molecule has 330 valence electrons. The van der Waals surface area contributed by atoms with Crippen molar-refractivity contribution in [3.05, 3.63) is 156 Å². The Labute approximate surface area is 394 Å². The number of hydrogen-bond acceptors (Lipinski definition) is 8. The molecule has 0 aliphatic rings. The van der Waals surface area contributed by atoms with Crippen LogP contribution in [0, 0.1) is 11.3 Å². The summed E-state index contributed by atoms with van der Waals surface area (Å²) in [6, 6.07) is 50.7. The van der Waals surface area contributed by atoms with E-state index in [4.69, 9.17) is 21.7 Å². The van der Waals surface area contributed by atoms with E-state index in [9.17, 15) is 19.6 Å². The SMILES string of the molecule is CC(C#N)(CCC(=O)N(CCOC(=O)CCCc1ccc2ccc3cccc4ccc1c2c34)CCOC(=O)CCCc1ccc2ccc3cccc4ccc1c2c34)SC(=S)c1ccccc1. The van der Waals surface area contributed by atoms with Crippen molar-refractivity contribution in [1.82, 2.24) is 4.90 Å². The van der Waals surface area contributed by atoms with Gasteiger partial charge in [-0.05, 0) is 120 Å². The molecule has 0 aliphatic heterocycles. The second-order valence-corrected chi connectivity index (χ2v) is 19.5. The lowest BCUT2D eigenvalue weighted by Gasteiger charge is -2.25. The van der Waals surface area contributed by atoms with Crippen LogP contribution in [0.25, 0.3) is 64.6 Å². The lowest BCUT2D eigenvalue weighted by Crippen LogP contribution is -2.38. The lowest BCUT2D eigenvalue weighted by molar-refractivity contribution is -0.147. The molecule has 0 saturated heterocycles. The number of aryl methyl sites for hydroxylation is 2. The summed E-state index contributed by atoms with van der Waals surface area (Å²) in [5, 5.41) is 24.9. The molecular formula is C57H50N2O5S2. The third kappa shape index (κ3) is 9.67. The van der Waals surface area contributed by atoms with Crippen molar-refractivity contribution in [2.75, 3.05) is 26.3 Å². The Morgan fingerprint density at radius 3 is 1.48 bits per heavy atom. The normalized spacial score (nSPS) is 12.5. The van der Waals surface area contributed by atoms with Gasteiger partial charge >= 0.3 is 11.9 Å². The zero-order valence-electron chi connectivity index (χ0n) is 37.0. The van der Waals surface area contributed by atoms with E-state index in [0.29, 0.717) is 17.0 Å². The molecule has 0 radical (unpaired) electrons. The number of rotatable bonds is 19. The maximum atomic E-state index is 13.8. The summed E-state index contributed by atoms with van der Waals surface area (Å²) in [6.45, 7) is 2.05. The highest BCUT2D eigenvalue weighted by molar-refractivity contribution is 8.24. The highest BCUT2D eigenvalue weighted by atomic mass is 32.2. The van der Waals surface area contributed by atoms with E-state index < -0.39 is 4.75 Å². The Kier molecular flexibility index (Phi) is 13.4. The Morgan fingerprint density at radius 2 is 1.02 bits per heavy atom. The quantitative estimate of drug-likeness (QED) is 0.0450. The molecule has 0 heterocycles. The van der Waals surface area contributed by atoms with Gasteiger partial charge in [0.25, 0.3) is 0 Å². The Morgan fingerprint density at radius 1 is 0.576 bits per heavy atom. The van der Waals surface area contributed by atoms with Crippen molar-refractivity contribution < 1.29 is 23.9 Å². The van der Waals surface area contributed by atoms with E-state index >= 15 is 0 Å². The summed E-state index contributed by atoms with van der Waals surface area (Å²) in [5.41, 5.74) is 3.24. The minimum absolute atomic E-state index is 0.00107. The van der Waals surface area contributed by atoms with Gasteiger partial charge in [0, 0.05) is 19.3 Å². The predicted octanol–water partition coefficient (Wildman–Crippen LogP) is 12.9. The van der Waals surface area contributed by atoms with E-state index in [0.717, 1.165) is 18.4 Å². The average molecular weight is 907 g/mol. The van der Waals surface area contributed by atoms with Gasteiger partial charge in [-0.3, -0.25) is 14.4 Å². The van der Waals surface area contributed by atoms with Gasteiger partial charge in [-0.15, -0.1) is 0 Å². The first-order chi connectivity index (χ1) is 32.2. The predicted molar refractivity (Wildman–Crippen MR) is 274 cm³/mol. The van der Waals surface area contributed by atoms with Crippen molar-refractivity contribution in [3.8, 4) is 6.07 Å². The molecular weight excluding hydrogens is 857 g/mol. The number of nitriles is 1. The van der Waals surface area contributed by atoms with Crippen molar-refractivity contribution in [1.29, 1.82) is 5.26 Å². The number of thiocarbonyl (C=S) groups is 1. The van der Waals surface area contributed by atoms with Crippen LogP contribution in [0.1, 0.15) is 62.1 Å². The largest absolute Gasteiger partial charge is 0.464 e. The number of thioether (sulfide) groups is 1. The highest BCUT2D eigenvalue weighted by Gasteiger charge is 2.29. The van der Waals surface area contributed by atoms with Gasteiger partial charge in [-0.1, -0.05) is 164 Å². The first-order valence-electron chi connectivity index (χ1n) is 22.8. The van der Waals surface area contributed by atoms with E-state index in [1.165, 1.54) is 87.5 Å². The van der Waals surface area contributed by atoms with Crippen molar-refractivity contribution in [3.63, 3.8) is 0 Å². The first kappa shape index (κ1) is 44.6. The van der Waals surface area contributed by atoms with Crippen LogP contribution in [0.4, 0.5) is 0 Å². The topological polar surface area (TPSA) is 96.7 Å². The number of carbonyl (C=O) groups excluding carboxylic acids is 3. The van der Waals surface area contributed by atoms with Gasteiger partial charge in [-0.2, -0.15) is 5.26 Å². The van der Waals surface area contributed by atoms with E-state index in [2.05, 4.69) is 115 Å². The van der Waals surface area contributed by atoms with Gasteiger partial charge in [0.05, 0.1) is 23.4 Å². The summed E-state index contributed by atoms with van der Waals surface area (Å²) in [5.74, 6) is -0.893. The van der Waals surface area contributed by atoms with Gasteiger partial charge in [0.1, 0.15) is 18.0 Å². The molecule has 1 amide bonds. The molecule has 66 heavy (non-hydrogen) atoms. The van der Waals surface area contributed by atoms with Gasteiger partial charge in [0.15, 0.2) is 0 Å². The summed E-state index contributed by atoms with van der Waals surface area (Å²) in [7, 11) is 0. The minimum atomic E-state index is -0.948. The summed E-state index contributed by atoms with van der Waals surface area (Å²) >= 11 is 6.93. The standard InChI is InChI=1S/C57H50N2O5S2/c1-57(37-58,66-56(65)46-9-3-2-4-10-46)32-31-49(60)59(33-35-63-50(61)17-7-11-38-19-21-44-25-23-40-13-5-15-42-27-29-47(38)54(44)52(40)42)34-36-64-51(62)18-8-12-39-20-22-45-26-24-41-14-6-16-43-28-30-48(39)55(45)53(41)43/h2-6,9-10,13-16,19-30H,7-8,11-12,17-18,31-36H2,1H3. The number of esters is 2. The number of hydrogen-bond donors (Lipinski definition) is 0. The summed E-state index contributed by atoms with van der Waals surface area (Å²) < 4.78 is 11.0. The fourth-order valence-corrected chi connectivity index (χ4v) is 11.0. The molecule has 9 aromatic carbocycles. The molecule has 0 N–H and O–H groups in total. The number of benzene rings is 9. The summed E-state index contributed by atoms with van der Waals surface area (Å²) in [4.78, 5) is 41.5. The third-order valence-electron chi connectivity index (χ3n) is 12.9. The van der Waals surface area contributed by atoms with Crippen LogP contribution in [-0.2, 0) is 36.7 Å². The maximum Gasteiger partial charge on any atom is 0.305 e. The van der Waals surface area contributed by atoms with Gasteiger partial charge < -0.3 is 14.4 Å². The molecule has 0 fully saturated rings. The third-order valence-corrected chi connectivity index (χ3v) is 14.5. The molecule has 7 nitrogen and oxygen atoms in total. The van der Waals surface area contributed by atoms with E-state index in [1.54, 1.807) is 11.8 Å². The van der Waals surface area contributed by atoms with Gasteiger partial charge in [0.2, 0.25) is 5.91 Å². The molecule has 0 aromatic heterocycles. The Bertz CT molecular complexity index is 3070. The molecule has 0 saturated carbocycles. The first-order valence-corrected chi connectivity index (χ1v) is 24.0. The molecule has 0 spiro atoms. The molecule has 1 atom stereocenters. The van der Waals surface area contributed by atoms with Crippen LogP contribution in [0.5, 0.6) is 0 Å². The zero-order chi connectivity index (χ0) is 45.6. The number of nitrogens with zero attached hydrogens (tertiary/aromatic N) is 2. The fourth-order valence-electron chi connectivity index (χ4n) is 9.39. The van der Waals surface area contributed by atoms with Crippen molar-refractivity contribution >= 4 is 111 Å². The summed E-state index contributed by atoms with van der Waals surface area (Å²) in [6.07, 6.45) is 3.47. The Balaban J connectivity index is 0.790. The van der Waals surface area contributed by atoms with Crippen LogP contribution >= 0.6 is 24.0 Å². The molecule has 9 rings (SSSR count). The molecule has 1 unspecified atom stereocenters. The zero-order valence-corrected chi connectivity index (χ0v) is 38.6. The van der Waals surface area contributed by atoms with Crippen LogP contribution in [0.15, 0.2) is 140 Å². The van der Waals surface area contributed by atoms with E-state index in [1.807, 2.05) is 30.3 Å². The maximum absolute atomic E-state index is 13.8. The van der Waals surface area contributed by atoms with Crippen LogP contribution in [0.2, 0.25) is 0 Å². The molecule has 0 bridgehead atoms. The molecule has 9 heteroatoms. The van der Waals surface area contributed by atoms with Gasteiger partial charge in [-0.25, -0.2) is 0 Å². The van der Waals surface area contributed by atoms with Crippen LogP contribution < -0.4 is 0 Å². The van der Waals surface area contributed by atoms with Crippen LogP contribution in [0.3, 0.4) is 0 Å². The van der Waals surface area contributed by atoms with Crippen molar-refractivity contribution in [2.24, 2.45) is 0 Å². The molecule has 0 aliphatic carbocycles. The fraction of sp³-hybridized carbons (Fsp3) is 0.246. The number of ether oxygens (including phenoxy) is 2. The number of amides is 1. The minimum Gasteiger partial charge on any atom is -0.464 e. The second-order valence-electron chi connectivity index (χ2n) is 17.3. The monoisotopic (exact) mass is 906 g/mol. The Hall–Kier alpha value is -6.60. The van der Waals surface area contributed by atoms with E-state index in [-0.39, 0.29) is 69.8 Å². The van der Waals surface area contributed by atoms with Crippen LogP contribution in [-0.4, -0.2) is 58.0 Å².